The van der Waals surface area contributed by atoms with Crippen LogP contribution in [-0.2, 0) is 19.1 Å². The second-order valence-electron chi connectivity index (χ2n) is 5.05. The Hall–Kier alpha value is -1.32. The zero-order valence-electron chi connectivity index (χ0n) is 11.5. The molecule has 0 fully saturated rings. The fourth-order valence-corrected chi connectivity index (χ4v) is 1.73. The Morgan fingerprint density at radius 3 is 1.94 bits per heavy atom. The molecular weight excluding hydrogens is 220 g/mol. The maximum atomic E-state index is 11.5. The quantitative estimate of drug-likeness (QED) is 0.549. The predicted octanol–water partition coefficient (Wildman–Crippen LogP) is 2.47. The molecule has 0 saturated carbocycles. The van der Waals surface area contributed by atoms with E-state index in [0.717, 1.165) is 0 Å². The van der Waals surface area contributed by atoms with Gasteiger partial charge in [0.1, 0.15) is 11.7 Å². The van der Waals surface area contributed by atoms with Crippen molar-refractivity contribution in [1.29, 1.82) is 0 Å². The summed E-state index contributed by atoms with van der Waals surface area (Å²) in [5.74, 6) is -0.830. The Bertz CT molecular complexity index is 315. The number of esters is 2. The average Bonchev–Trinajstić information content (AvgIpc) is 2.10. The standard InChI is InChI=1S/C13H22O4/c1-8(2)11(16-12(15)9(3)4)13(6,7)17-10(5)14/h8,11H,3H2,1-2,4-7H3. The maximum absolute atomic E-state index is 11.5. The summed E-state index contributed by atoms with van der Waals surface area (Å²) < 4.78 is 10.5. The normalized spacial score (nSPS) is 13.1. The van der Waals surface area contributed by atoms with E-state index >= 15 is 0 Å². The lowest BCUT2D eigenvalue weighted by molar-refractivity contribution is -0.182. The van der Waals surface area contributed by atoms with Crippen LogP contribution in [0, 0.1) is 5.92 Å². The van der Waals surface area contributed by atoms with Crippen molar-refractivity contribution in [3.8, 4) is 0 Å². The molecule has 0 aromatic heterocycles. The minimum absolute atomic E-state index is 0.0349. The molecule has 0 aromatic carbocycles. The summed E-state index contributed by atoms with van der Waals surface area (Å²) in [4.78, 5) is 22.6. The SMILES string of the molecule is C=C(C)C(=O)OC(C(C)C)C(C)(C)OC(C)=O. The van der Waals surface area contributed by atoms with Gasteiger partial charge in [0.15, 0.2) is 0 Å². The van der Waals surface area contributed by atoms with Gasteiger partial charge in [0.25, 0.3) is 0 Å². The van der Waals surface area contributed by atoms with Crippen molar-refractivity contribution in [1.82, 2.24) is 0 Å². The van der Waals surface area contributed by atoms with E-state index in [4.69, 9.17) is 9.47 Å². The summed E-state index contributed by atoms with van der Waals surface area (Å²) in [7, 11) is 0. The van der Waals surface area contributed by atoms with Gasteiger partial charge in [0, 0.05) is 12.5 Å². The maximum Gasteiger partial charge on any atom is 0.333 e. The van der Waals surface area contributed by atoms with E-state index in [2.05, 4.69) is 6.58 Å². The third-order valence-corrected chi connectivity index (χ3v) is 2.28. The first-order valence-electron chi connectivity index (χ1n) is 5.64. The summed E-state index contributed by atoms with van der Waals surface area (Å²) in [5.41, 5.74) is -0.528. The second kappa shape index (κ2) is 5.84. The molecule has 0 aliphatic heterocycles. The number of carbonyl (C=O) groups excluding carboxylic acids is 2. The predicted molar refractivity (Wildman–Crippen MR) is 65.4 cm³/mol. The van der Waals surface area contributed by atoms with Gasteiger partial charge in [-0.25, -0.2) is 4.79 Å². The first-order valence-corrected chi connectivity index (χ1v) is 5.64. The lowest BCUT2D eigenvalue weighted by Gasteiger charge is -2.35. The molecule has 17 heavy (non-hydrogen) atoms. The molecule has 4 nitrogen and oxygen atoms in total. The molecule has 0 aromatic rings. The molecule has 4 heteroatoms. The van der Waals surface area contributed by atoms with Crippen LogP contribution in [0.25, 0.3) is 0 Å². The highest BCUT2D eigenvalue weighted by Gasteiger charge is 2.38. The molecule has 0 N–H and O–H groups in total. The molecule has 0 amide bonds. The van der Waals surface area contributed by atoms with E-state index in [-0.39, 0.29) is 5.92 Å². The minimum Gasteiger partial charge on any atom is -0.456 e. The van der Waals surface area contributed by atoms with Crippen LogP contribution < -0.4 is 0 Å². The Balaban J connectivity index is 4.90. The summed E-state index contributed by atoms with van der Waals surface area (Å²) in [5, 5.41) is 0. The van der Waals surface area contributed by atoms with Gasteiger partial charge in [-0.2, -0.15) is 0 Å². The first kappa shape index (κ1) is 15.7. The number of ether oxygens (including phenoxy) is 2. The van der Waals surface area contributed by atoms with Crippen LogP contribution in [0.5, 0.6) is 0 Å². The molecule has 1 unspecified atom stereocenters. The topological polar surface area (TPSA) is 52.6 Å². The monoisotopic (exact) mass is 242 g/mol. The fraction of sp³-hybridized carbons (Fsp3) is 0.692. The summed E-state index contributed by atoms with van der Waals surface area (Å²) >= 11 is 0. The van der Waals surface area contributed by atoms with Crippen molar-refractivity contribution < 1.29 is 19.1 Å². The van der Waals surface area contributed by atoms with Gasteiger partial charge in [0.05, 0.1) is 0 Å². The van der Waals surface area contributed by atoms with Crippen molar-refractivity contribution >= 4 is 11.9 Å². The second-order valence-corrected chi connectivity index (χ2v) is 5.05. The van der Waals surface area contributed by atoms with Crippen LogP contribution in [0.3, 0.4) is 0 Å². The van der Waals surface area contributed by atoms with Gasteiger partial charge < -0.3 is 9.47 Å². The number of hydrogen-bond donors (Lipinski definition) is 0. The summed E-state index contributed by atoms with van der Waals surface area (Å²) in [6.45, 7) is 13.7. The van der Waals surface area contributed by atoms with Gasteiger partial charge in [0.2, 0.25) is 0 Å². The summed E-state index contributed by atoms with van der Waals surface area (Å²) in [6, 6.07) is 0. The van der Waals surface area contributed by atoms with Crippen molar-refractivity contribution in [3.05, 3.63) is 12.2 Å². The van der Waals surface area contributed by atoms with Gasteiger partial charge in [-0.3, -0.25) is 4.79 Å². The molecule has 1 atom stereocenters. The Kier molecular flexibility index (Phi) is 5.39. The van der Waals surface area contributed by atoms with Crippen molar-refractivity contribution in [3.63, 3.8) is 0 Å². The molecule has 0 bridgehead atoms. The molecule has 0 spiro atoms. The van der Waals surface area contributed by atoms with Crippen LogP contribution in [-0.4, -0.2) is 23.6 Å². The lowest BCUT2D eigenvalue weighted by atomic mass is 9.91. The molecule has 0 aliphatic rings. The van der Waals surface area contributed by atoms with Crippen LogP contribution in [0.15, 0.2) is 12.2 Å². The van der Waals surface area contributed by atoms with Crippen LogP contribution in [0.4, 0.5) is 0 Å². The van der Waals surface area contributed by atoms with E-state index in [9.17, 15) is 9.59 Å². The molecule has 0 radical (unpaired) electrons. The van der Waals surface area contributed by atoms with Gasteiger partial charge in [-0.05, 0) is 26.7 Å². The van der Waals surface area contributed by atoms with Gasteiger partial charge in [-0.15, -0.1) is 0 Å². The molecule has 0 heterocycles. The molecule has 0 saturated heterocycles. The Labute approximate surface area is 103 Å². The minimum atomic E-state index is -0.856. The number of hydrogen-bond acceptors (Lipinski definition) is 4. The summed E-state index contributed by atoms with van der Waals surface area (Å²) in [6.07, 6.45) is -0.504. The van der Waals surface area contributed by atoms with E-state index in [0.29, 0.717) is 5.57 Å². The van der Waals surface area contributed by atoms with E-state index < -0.39 is 23.6 Å². The van der Waals surface area contributed by atoms with Gasteiger partial charge in [-0.1, -0.05) is 20.4 Å². The van der Waals surface area contributed by atoms with Crippen molar-refractivity contribution in [2.24, 2.45) is 5.92 Å². The smallest absolute Gasteiger partial charge is 0.333 e. The van der Waals surface area contributed by atoms with E-state index in [1.54, 1.807) is 20.8 Å². The van der Waals surface area contributed by atoms with E-state index in [1.807, 2.05) is 13.8 Å². The lowest BCUT2D eigenvalue weighted by Crippen LogP contribution is -2.46. The van der Waals surface area contributed by atoms with E-state index in [1.165, 1.54) is 6.92 Å². The van der Waals surface area contributed by atoms with Crippen LogP contribution in [0.1, 0.15) is 41.5 Å². The van der Waals surface area contributed by atoms with Gasteiger partial charge >= 0.3 is 11.9 Å². The molecule has 98 valence electrons. The van der Waals surface area contributed by atoms with Crippen molar-refractivity contribution in [2.75, 3.05) is 0 Å². The fourth-order valence-electron chi connectivity index (χ4n) is 1.73. The highest BCUT2D eigenvalue weighted by molar-refractivity contribution is 5.87. The van der Waals surface area contributed by atoms with Crippen LogP contribution in [0.2, 0.25) is 0 Å². The molecular formula is C13H22O4. The number of carbonyl (C=O) groups is 2. The first-order chi connectivity index (χ1) is 7.58. The van der Waals surface area contributed by atoms with Crippen LogP contribution >= 0.6 is 0 Å². The molecule has 0 rings (SSSR count). The zero-order chi connectivity index (χ0) is 13.8. The number of rotatable bonds is 5. The Morgan fingerprint density at radius 1 is 1.18 bits per heavy atom. The third kappa shape index (κ3) is 5.02. The van der Waals surface area contributed by atoms with Crippen molar-refractivity contribution in [2.45, 2.75) is 53.2 Å². The zero-order valence-corrected chi connectivity index (χ0v) is 11.5. The third-order valence-electron chi connectivity index (χ3n) is 2.28. The Morgan fingerprint density at radius 2 is 1.65 bits per heavy atom. The average molecular weight is 242 g/mol. The highest BCUT2D eigenvalue weighted by Crippen LogP contribution is 2.25. The molecule has 0 aliphatic carbocycles. The highest BCUT2D eigenvalue weighted by atomic mass is 16.6. The largest absolute Gasteiger partial charge is 0.456 e.